The Morgan fingerprint density at radius 1 is 1.16 bits per heavy atom. The summed E-state index contributed by atoms with van der Waals surface area (Å²) < 4.78 is 1.09. The van der Waals surface area contributed by atoms with Crippen LogP contribution in [0.4, 0.5) is 5.69 Å². The molecule has 160 valence electrons. The third-order valence-electron chi connectivity index (χ3n) is 5.70. The Morgan fingerprint density at radius 2 is 1.97 bits per heavy atom. The van der Waals surface area contributed by atoms with Crippen LogP contribution in [0.1, 0.15) is 47.6 Å². The predicted molar refractivity (Wildman–Crippen MR) is 132 cm³/mol. The number of fused-ring (bicyclic) bond motifs is 3. The van der Waals surface area contributed by atoms with Gasteiger partial charge in [-0.25, -0.2) is 4.98 Å². The maximum absolute atomic E-state index is 11.7. The Morgan fingerprint density at radius 3 is 2.65 bits per heavy atom. The van der Waals surface area contributed by atoms with Crippen LogP contribution in [-0.2, 0) is 0 Å². The van der Waals surface area contributed by atoms with Gasteiger partial charge in [0.05, 0.1) is 21.8 Å². The number of pyridine rings is 2. The molecule has 4 rings (SSSR count). The van der Waals surface area contributed by atoms with Crippen LogP contribution in [0.15, 0.2) is 36.5 Å². The van der Waals surface area contributed by atoms with Crippen LogP contribution in [0.5, 0.6) is 0 Å². The molecule has 31 heavy (non-hydrogen) atoms. The molecule has 0 bridgehead atoms. The summed E-state index contributed by atoms with van der Waals surface area (Å²) in [5, 5.41) is 8.82. The predicted octanol–water partition coefficient (Wildman–Crippen LogP) is 5.78. The molecule has 3 heterocycles. The molecule has 5 nitrogen and oxygen atoms in total. The molecule has 0 unspecified atom stereocenters. The maximum Gasteiger partial charge on any atom is 0.162 e. The fraction of sp³-hybridized carbons (Fsp3) is 0.320. The molecule has 0 aliphatic rings. The van der Waals surface area contributed by atoms with Gasteiger partial charge >= 0.3 is 0 Å². The van der Waals surface area contributed by atoms with E-state index in [0.717, 1.165) is 61.3 Å². The molecule has 0 saturated heterocycles. The minimum atomic E-state index is 0.290. The van der Waals surface area contributed by atoms with Gasteiger partial charge < -0.3 is 10.6 Å². The van der Waals surface area contributed by atoms with Gasteiger partial charge in [0.2, 0.25) is 0 Å². The van der Waals surface area contributed by atoms with Crippen molar-refractivity contribution in [2.75, 3.05) is 18.9 Å². The highest BCUT2D eigenvalue weighted by molar-refractivity contribution is 7.21. The number of aldehydes is 1. The van der Waals surface area contributed by atoms with Crippen LogP contribution in [-0.4, -0.2) is 35.9 Å². The van der Waals surface area contributed by atoms with E-state index in [-0.39, 0.29) is 0 Å². The van der Waals surface area contributed by atoms with E-state index in [1.54, 1.807) is 0 Å². The van der Waals surface area contributed by atoms with E-state index in [0.29, 0.717) is 12.0 Å². The average molecular weight is 433 g/mol. The quantitative estimate of drug-likeness (QED) is 0.363. The minimum Gasteiger partial charge on any atom is -0.382 e. The highest BCUT2D eigenvalue weighted by Gasteiger charge is 2.16. The van der Waals surface area contributed by atoms with Crippen LogP contribution >= 0.6 is 11.3 Å². The zero-order chi connectivity index (χ0) is 22.1. The molecule has 0 spiro atoms. The summed E-state index contributed by atoms with van der Waals surface area (Å²) in [5.74, 6) is 0.397. The van der Waals surface area contributed by atoms with Gasteiger partial charge in [-0.3, -0.25) is 9.78 Å². The van der Waals surface area contributed by atoms with Gasteiger partial charge in [0.1, 0.15) is 0 Å². The first-order chi connectivity index (χ1) is 14.9. The van der Waals surface area contributed by atoms with E-state index >= 15 is 0 Å². The smallest absolute Gasteiger partial charge is 0.162 e. The zero-order valence-corrected chi connectivity index (χ0v) is 19.4. The molecule has 1 atom stereocenters. The number of carbonyl (C=O) groups excluding carboxylic acids is 1. The summed E-state index contributed by atoms with van der Waals surface area (Å²) in [4.78, 5) is 22.1. The number of thiophene rings is 1. The van der Waals surface area contributed by atoms with Crippen LogP contribution in [0, 0.1) is 6.92 Å². The number of benzene rings is 1. The minimum absolute atomic E-state index is 0.290. The average Bonchev–Trinajstić information content (AvgIpc) is 3.14. The van der Waals surface area contributed by atoms with Crippen molar-refractivity contribution in [1.29, 1.82) is 0 Å². The standard InChI is InChI=1S/C25H28N4OS/c1-14(2)24-15(3)10-17(12-28-24)19-7-6-18-20(29-19)8-9-21-23(18)25(22(13-30)31-21)27-11-16(4)26-5/h6-10,12-14,16,26-27H,11H2,1-5H3/t16-/m1/s1. The van der Waals surface area contributed by atoms with Gasteiger partial charge in [-0.05, 0) is 62.7 Å². The summed E-state index contributed by atoms with van der Waals surface area (Å²) >= 11 is 1.52. The summed E-state index contributed by atoms with van der Waals surface area (Å²) in [6.07, 6.45) is 2.85. The van der Waals surface area contributed by atoms with Crippen molar-refractivity contribution in [2.45, 2.75) is 39.7 Å². The molecule has 4 aromatic rings. The Bertz CT molecular complexity index is 1260. The second-order valence-electron chi connectivity index (χ2n) is 8.31. The van der Waals surface area contributed by atoms with Gasteiger partial charge in [0, 0.05) is 45.5 Å². The number of hydrogen-bond donors (Lipinski definition) is 2. The number of rotatable bonds is 7. The molecule has 0 aliphatic carbocycles. The van der Waals surface area contributed by atoms with Crippen molar-refractivity contribution in [1.82, 2.24) is 15.3 Å². The SMILES string of the molecule is CN[C@H](C)CNc1c(C=O)sc2ccc3nc(-c4cnc(C(C)C)c(C)c4)ccc3c12. The van der Waals surface area contributed by atoms with Crippen molar-refractivity contribution in [3.8, 4) is 11.3 Å². The Balaban J connectivity index is 1.81. The molecule has 1 aromatic carbocycles. The van der Waals surface area contributed by atoms with Crippen molar-refractivity contribution >= 4 is 44.3 Å². The molecule has 3 aromatic heterocycles. The largest absolute Gasteiger partial charge is 0.382 e. The number of hydrogen-bond acceptors (Lipinski definition) is 6. The number of anilines is 1. The van der Waals surface area contributed by atoms with Gasteiger partial charge in [-0.1, -0.05) is 13.8 Å². The molecular formula is C25H28N4OS. The first kappa shape index (κ1) is 21.4. The number of carbonyl (C=O) groups is 1. The van der Waals surface area contributed by atoms with Crippen LogP contribution in [0.2, 0.25) is 0 Å². The molecule has 0 amide bonds. The van der Waals surface area contributed by atoms with Crippen molar-refractivity contribution in [3.63, 3.8) is 0 Å². The Kier molecular flexibility index (Phi) is 6.03. The number of aromatic nitrogens is 2. The number of likely N-dealkylation sites (N-methyl/N-ethyl adjacent to an activating group) is 1. The second-order valence-corrected chi connectivity index (χ2v) is 9.40. The van der Waals surface area contributed by atoms with Crippen molar-refractivity contribution in [2.24, 2.45) is 0 Å². The lowest BCUT2D eigenvalue weighted by atomic mass is 10.0. The molecule has 0 radical (unpaired) electrons. The third kappa shape index (κ3) is 4.05. The van der Waals surface area contributed by atoms with E-state index in [1.165, 1.54) is 16.9 Å². The lowest BCUT2D eigenvalue weighted by Crippen LogP contribution is -2.29. The molecule has 0 aliphatic heterocycles. The summed E-state index contributed by atoms with van der Waals surface area (Å²) in [6, 6.07) is 10.7. The van der Waals surface area contributed by atoms with Crippen molar-refractivity contribution < 1.29 is 4.79 Å². The van der Waals surface area contributed by atoms with E-state index in [2.05, 4.69) is 61.5 Å². The van der Waals surface area contributed by atoms with Crippen molar-refractivity contribution in [3.05, 3.63) is 52.7 Å². The molecule has 0 saturated carbocycles. The molecule has 6 heteroatoms. The topological polar surface area (TPSA) is 66.9 Å². The second kappa shape index (κ2) is 8.73. The third-order valence-corrected chi connectivity index (χ3v) is 6.78. The van der Waals surface area contributed by atoms with Crippen LogP contribution in [0.25, 0.3) is 32.2 Å². The van der Waals surface area contributed by atoms with E-state index in [1.807, 2.05) is 25.4 Å². The summed E-state index contributed by atoms with van der Waals surface area (Å²) in [7, 11) is 1.93. The highest BCUT2D eigenvalue weighted by Crippen LogP contribution is 2.39. The normalized spacial score (nSPS) is 12.6. The van der Waals surface area contributed by atoms with E-state index in [9.17, 15) is 4.79 Å². The maximum atomic E-state index is 11.7. The van der Waals surface area contributed by atoms with Gasteiger partial charge in [0.25, 0.3) is 0 Å². The fourth-order valence-electron chi connectivity index (χ4n) is 3.93. The highest BCUT2D eigenvalue weighted by atomic mass is 32.1. The number of nitrogens with zero attached hydrogens (tertiary/aromatic N) is 2. The monoisotopic (exact) mass is 432 g/mol. The van der Waals surface area contributed by atoms with Gasteiger partial charge in [-0.15, -0.1) is 11.3 Å². The Labute approximate surface area is 186 Å². The summed E-state index contributed by atoms with van der Waals surface area (Å²) in [5.41, 5.74) is 6.04. The zero-order valence-electron chi connectivity index (χ0n) is 18.6. The summed E-state index contributed by atoms with van der Waals surface area (Å²) in [6.45, 7) is 9.26. The number of aryl methyl sites for hydroxylation is 1. The van der Waals surface area contributed by atoms with E-state index in [4.69, 9.17) is 4.98 Å². The lowest BCUT2D eigenvalue weighted by molar-refractivity contribution is 0.112. The number of nitrogens with one attached hydrogen (secondary N) is 2. The molecule has 0 fully saturated rings. The molecular weight excluding hydrogens is 404 g/mol. The fourth-order valence-corrected chi connectivity index (χ4v) is 4.94. The van der Waals surface area contributed by atoms with Crippen LogP contribution < -0.4 is 10.6 Å². The van der Waals surface area contributed by atoms with Gasteiger partial charge in [-0.2, -0.15) is 0 Å². The van der Waals surface area contributed by atoms with Crippen LogP contribution in [0.3, 0.4) is 0 Å². The first-order valence-corrected chi connectivity index (χ1v) is 11.4. The Hall–Kier alpha value is -2.83. The lowest BCUT2D eigenvalue weighted by Gasteiger charge is -2.13. The van der Waals surface area contributed by atoms with Gasteiger partial charge in [0.15, 0.2) is 6.29 Å². The van der Waals surface area contributed by atoms with E-state index < -0.39 is 0 Å². The molecule has 2 N–H and O–H groups in total. The first-order valence-electron chi connectivity index (χ1n) is 10.6.